The van der Waals surface area contributed by atoms with Crippen LogP contribution in [0.1, 0.15) is 22.1 Å². The third-order valence-electron chi connectivity index (χ3n) is 5.25. The highest BCUT2D eigenvalue weighted by Crippen LogP contribution is 2.28. The van der Waals surface area contributed by atoms with Crippen molar-refractivity contribution in [3.8, 4) is 5.75 Å². The van der Waals surface area contributed by atoms with Gasteiger partial charge in [-0.05, 0) is 18.2 Å². The van der Waals surface area contributed by atoms with Crippen LogP contribution in [-0.4, -0.2) is 64.8 Å². The van der Waals surface area contributed by atoms with E-state index < -0.39 is 20.6 Å². The van der Waals surface area contributed by atoms with Gasteiger partial charge in [-0.3, -0.25) is 14.9 Å². The molecule has 0 saturated carbocycles. The lowest BCUT2D eigenvalue weighted by molar-refractivity contribution is -0.387. The Morgan fingerprint density at radius 2 is 1.79 bits per heavy atom. The number of hydrogen-bond acceptors (Lipinski definition) is 9. The highest BCUT2D eigenvalue weighted by Gasteiger charge is 2.35. The zero-order chi connectivity index (χ0) is 24.3. The van der Waals surface area contributed by atoms with Crippen molar-refractivity contribution in [2.24, 2.45) is 0 Å². The summed E-state index contributed by atoms with van der Waals surface area (Å²) in [5.74, 6) is 0.762. The molecular weight excluding hydrogens is 466 g/mol. The minimum atomic E-state index is -4.09. The van der Waals surface area contributed by atoms with Gasteiger partial charge in [-0.15, -0.1) is 0 Å². The molecule has 0 unspecified atom stereocenters. The predicted octanol–water partition coefficient (Wildman–Crippen LogP) is 2.01. The van der Waals surface area contributed by atoms with Crippen LogP contribution in [0.4, 0.5) is 5.69 Å². The van der Waals surface area contributed by atoms with Crippen molar-refractivity contribution in [1.82, 2.24) is 19.3 Å². The standard InChI is InChI=1S/C21H21N5O7S/c1-15-22-20(23-33-15)14-32-18-8-4-2-6-16(18)21(27)24-10-12-25(13-11-24)34(30,31)19-9-5-3-7-17(19)26(28)29/h2-9H,10-14H2,1H3. The zero-order valence-corrected chi connectivity index (χ0v) is 19.0. The summed E-state index contributed by atoms with van der Waals surface area (Å²) in [6, 6.07) is 11.9. The normalized spacial score (nSPS) is 14.7. The number of piperazine rings is 1. The Hall–Kier alpha value is -3.84. The molecule has 1 saturated heterocycles. The third kappa shape index (κ3) is 4.75. The van der Waals surface area contributed by atoms with E-state index in [1.807, 2.05) is 0 Å². The SMILES string of the molecule is Cc1nc(COc2ccccc2C(=O)N2CCN(S(=O)(=O)c3ccccc3[N+](=O)[O-])CC2)no1. The van der Waals surface area contributed by atoms with E-state index in [4.69, 9.17) is 9.26 Å². The zero-order valence-electron chi connectivity index (χ0n) is 18.2. The Labute approximate surface area is 194 Å². The van der Waals surface area contributed by atoms with Crippen molar-refractivity contribution < 1.29 is 27.4 Å². The quantitative estimate of drug-likeness (QED) is 0.360. The average Bonchev–Trinajstić information content (AvgIpc) is 3.27. The Balaban J connectivity index is 1.45. The molecule has 3 aromatic rings. The van der Waals surface area contributed by atoms with E-state index in [-0.39, 0.29) is 43.6 Å². The maximum Gasteiger partial charge on any atom is 0.289 e. The second-order valence-electron chi connectivity index (χ2n) is 7.44. The van der Waals surface area contributed by atoms with Gasteiger partial charge in [0.2, 0.25) is 21.7 Å². The van der Waals surface area contributed by atoms with Gasteiger partial charge in [0, 0.05) is 39.2 Å². The van der Waals surface area contributed by atoms with E-state index >= 15 is 0 Å². The van der Waals surface area contributed by atoms with E-state index in [1.54, 1.807) is 31.2 Å². The first-order valence-corrected chi connectivity index (χ1v) is 11.8. The van der Waals surface area contributed by atoms with Gasteiger partial charge in [-0.1, -0.05) is 29.4 Å². The van der Waals surface area contributed by atoms with Crippen LogP contribution in [0.3, 0.4) is 0 Å². The number of benzene rings is 2. The van der Waals surface area contributed by atoms with Crippen LogP contribution in [0.25, 0.3) is 0 Å². The number of nitro groups is 1. The molecule has 4 rings (SSSR count). The fourth-order valence-corrected chi connectivity index (χ4v) is 5.16. The van der Waals surface area contributed by atoms with Crippen molar-refractivity contribution >= 4 is 21.6 Å². The van der Waals surface area contributed by atoms with Crippen LogP contribution in [0.2, 0.25) is 0 Å². The van der Waals surface area contributed by atoms with Crippen molar-refractivity contribution in [3.05, 3.63) is 75.9 Å². The number of amides is 1. The molecule has 13 heteroatoms. The van der Waals surface area contributed by atoms with Gasteiger partial charge in [0.15, 0.2) is 11.5 Å². The molecule has 34 heavy (non-hydrogen) atoms. The lowest BCUT2D eigenvalue weighted by atomic mass is 10.1. The van der Waals surface area contributed by atoms with Crippen LogP contribution in [0.15, 0.2) is 57.9 Å². The van der Waals surface area contributed by atoms with E-state index in [2.05, 4.69) is 10.1 Å². The monoisotopic (exact) mass is 487 g/mol. The van der Waals surface area contributed by atoms with Crippen LogP contribution in [0.5, 0.6) is 5.75 Å². The summed E-state index contributed by atoms with van der Waals surface area (Å²) in [7, 11) is -4.09. The molecule has 0 spiro atoms. The van der Waals surface area contributed by atoms with Crippen molar-refractivity contribution in [2.45, 2.75) is 18.4 Å². The van der Waals surface area contributed by atoms with E-state index in [0.29, 0.717) is 23.0 Å². The molecule has 2 aromatic carbocycles. The van der Waals surface area contributed by atoms with Gasteiger partial charge in [0.1, 0.15) is 5.75 Å². The summed E-state index contributed by atoms with van der Waals surface area (Å²) in [5.41, 5.74) is -0.165. The average molecular weight is 487 g/mol. The first-order valence-electron chi connectivity index (χ1n) is 10.3. The molecule has 2 heterocycles. The molecule has 1 fully saturated rings. The number of carbonyl (C=O) groups is 1. The fourth-order valence-electron chi connectivity index (χ4n) is 3.58. The van der Waals surface area contributed by atoms with Gasteiger partial charge < -0.3 is 14.2 Å². The van der Waals surface area contributed by atoms with Crippen LogP contribution < -0.4 is 4.74 Å². The lowest BCUT2D eigenvalue weighted by Gasteiger charge is -2.34. The maximum absolute atomic E-state index is 13.1. The minimum Gasteiger partial charge on any atom is -0.485 e. The van der Waals surface area contributed by atoms with E-state index in [9.17, 15) is 23.3 Å². The van der Waals surface area contributed by atoms with Gasteiger partial charge in [-0.2, -0.15) is 9.29 Å². The number of sulfonamides is 1. The topological polar surface area (TPSA) is 149 Å². The second kappa shape index (κ2) is 9.57. The number of rotatable bonds is 7. The largest absolute Gasteiger partial charge is 0.485 e. The number of para-hydroxylation sites is 2. The van der Waals surface area contributed by atoms with Crippen molar-refractivity contribution in [3.63, 3.8) is 0 Å². The Kier molecular flexibility index (Phi) is 6.56. The van der Waals surface area contributed by atoms with Gasteiger partial charge in [-0.25, -0.2) is 8.42 Å². The summed E-state index contributed by atoms with van der Waals surface area (Å²) in [4.78, 5) is 28.9. The molecule has 1 amide bonds. The first-order chi connectivity index (χ1) is 16.3. The Morgan fingerprint density at radius 3 is 2.47 bits per heavy atom. The molecule has 1 aliphatic heterocycles. The van der Waals surface area contributed by atoms with Gasteiger partial charge >= 0.3 is 0 Å². The molecule has 1 aliphatic rings. The fraction of sp³-hybridized carbons (Fsp3) is 0.286. The molecular formula is C21H21N5O7S. The third-order valence-corrected chi connectivity index (χ3v) is 7.20. The van der Waals surface area contributed by atoms with Crippen LogP contribution >= 0.6 is 0 Å². The Morgan fingerprint density at radius 1 is 1.12 bits per heavy atom. The molecule has 0 aliphatic carbocycles. The number of ether oxygens (including phenoxy) is 1. The summed E-state index contributed by atoms with van der Waals surface area (Å²) >= 11 is 0. The summed E-state index contributed by atoms with van der Waals surface area (Å²) < 4.78 is 37.8. The molecule has 0 atom stereocenters. The van der Waals surface area contributed by atoms with Crippen molar-refractivity contribution in [2.75, 3.05) is 26.2 Å². The second-order valence-corrected chi connectivity index (χ2v) is 9.34. The first kappa shape index (κ1) is 23.3. The van der Waals surface area contributed by atoms with Crippen molar-refractivity contribution in [1.29, 1.82) is 0 Å². The molecule has 0 radical (unpaired) electrons. The lowest BCUT2D eigenvalue weighted by Crippen LogP contribution is -2.50. The van der Waals surface area contributed by atoms with E-state index in [0.717, 1.165) is 10.4 Å². The summed E-state index contributed by atoms with van der Waals surface area (Å²) in [5, 5.41) is 15.0. The summed E-state index contributed by atoms with van der Waals surface area (Å²) in [6.07, 6.45) is 0. The predicted molar refractivity (Wildman–Crippen MR) is 118 cm³/mol. The van der Waals surface area contributed by atoms with Crippen LogP contribution in [0, 0.1) is 17.0 Å². The number of carbonyl (C=O) groups excluding carboxylic acids is 1. The highest BCUT2D eigenvalue weighted by atomic mass is 32.2. The number of nitrogens with zero attached hydrogens (tertiary/aromatic N) is 5. The smallest absolute Gasteiger partial charge is 0.289 e. The molecule has 0 bridgehead atoms. The van der Waals surface area contributed by atoms with Gasteiger partial charge in [0.25, 0.3) is 11.6 Å². The molecule has 12 nitrogen and oxygen atoms in total. The minimum absolute atomic E-state index is 0.00524. The van der Waals surface area contributed by atoms with E-state index in [1.165, 1.54) is 23.1 Å². The maximum atomic E-state index is 13.1. The molecule has 178 valence electrons. The number of aromatic nitrogens is 2. The summed E-state index contributed by atoms with van der Waals surface area (Å²) in [6.45, 7) is 1.93. The Bertz CT molecular complexity index is 1320. The highest BCUT2D eigenvalue weighted by molar-refractivity contribution is 7.89. The number of hydrogen-bond donors (Lipinski definition) is 0. The van der Waals surface area contributed by atoms with Gasteiger partial charge in [0.05, 0.1) is 10.5 Å². The number of nitro benzene ring substituents is 1. The number of aryl methyl sites for hydroxylation is 1. The van der Waals surface area contributed by atoms with Crippen LogP contribution in [-0.2, 0) is 16.6 Å². The molecule has 1 aromatic heterocycles. The molecule has 0 N–H and O–H groups in total.